The second-order valence-corrected chi connectivity index (χ2v) is 8.71. The number of fused-ring (bicyclic) bond motifs is 3. The van der Waals surface area contributed by atoms with E-state index >= 15 is 0 Å². The summed E-state index contributed by atoms with van der Waals surface area (Å²) in [4.78, 5) is 39.7. The summed E-state index contributed by atoms with van der Waals surface area (Å²) >= 11 is 1.41. The number of rotatable bonds is 5. The van der Waals surface area contributed by atoms with E-state index in [0.29, 0.717) is 28.1 Å². The molecular formula is C24H20N2O5S. The van der Waals surface area contributed by atoms with Gasteiger partial charge in [-0.1, -0.05) is 18.2 Å². The first-order valence-corrected chi connectivity index (χ1v) is 11.2. The van der Waals surface area contributed by atoms with E-state index in [0.717, 1.165) is 36.1 Å². The molecule has 0 unspecified atom stereocenters. The van der Waals surface area contributed by atoms with Gasteiger partial charge in [-0.25, -0.2) is 0 Å². The van der Waals surface area contributed by atoms with E-state index < -0.39 is 5.91 Å². The van der Waals surface area contributed by atoms with Gasteiger partial charge in [-0.15, -0.1) is 17.9 Å². The molecule has 0 fully saturated rings. The summed E-state index contributed by atoms with van der Waals surface area (Å²) in [5.41, 5.74) is 1.61. The topological polar surface area (TPSA) is 102 Å². The number of thiophene rings is 1. The van der Waals surface area contributed by atoms with E-state index in [4.69, 9.17) is 8.83 Å². The van der Waals surface area contributed by atoms with Crippen LogP contribution in [0.25, 0.3) is 22.1 Å². The molecule has 162 valence electrons. The van der Waals surface area contributed by atoms with Gasteiger partial charge in [0.1, 0.15) is 16.0 Å². The third-order valence-corrected chi connectivity index (χ3v) is 6.74. The molecule has 3 aromatic heterocycles. The van der Waals surface area contributed by atoms with Gasteiger partial charge in [0, 0.05) is 17.5 Å². The molecule has 32 heavy (non-hydrogen) atoms. The minimum Gasteiger partial charge on any atom is -0.425 e. The molecule has 0 radical (unpaired) electrons. The van der Waals surface area contributed by atoms with Crippen molar-refractivity contribution in [3.05, 3.63) is 75.0 Å². The molecule has 5 rings (SSSR count). The molecule has 0 bridgehead atoms. The summed E-state index contributed by atoms with van der Waals surface area (Å²) in [6.07, 6.45) is 5.35. The number of benzene rings is 1. The van der Waals surface area contributed by atoms with E-state index in [1.807, 2.05) is 0 Å². The molecule has 3 heterocycles. The Balaban J connectivity index is 1.52. The van der Waals surface area contributed by atoms with E-state index in [9.17, 15) is 14.4 Å². The fraction of sp³-hybridized carbons (Fsp3) is 0.208. The zero-order chi connectivity index (χ0) is 22.2. The Bertz CT molecular complexity index is 1440. The lowest BCUT2D eigenvalue weighted by molar-refractivity contribution is 0.0958. The highest BCUT2D eigenvalue weighted by Gasteiger charge is 2.27. The molecule has 1 aromatic carbocycles. The first-order chi connectivity index (χ1) is 15.6. The van der Waals surface area contributed by atoms with E-state index in [-0.39, 0.29) is 28.3 Å². The first-order valence-electron chi connectivity index (χ1n) is 10.4. The number of carbonyl (C=O) groups is 2. The number of hydrogen-bond donors (Lipinski definition) is 2. The summed E-state index contributed by atoms with van der Waals surface area (Å²) in [5.74, 6) is -0.850. The Kier molecular flexibility index (Phi) is 5.14. The summed E-state index contributed by atoms with van der Waals surface area (Å²) in [6, 6.07) is 8.22. The van der Waals surface area contributed by atoms with Crippen LogP contribution in [0.15, 0.2) is 56.6 Å². The molecule has 0 atom stereocenters. The number of carbonyl (C=O) groups excluding carboxylic acids is 2. The standard InChI is InChI=1S/C24H20N2O5S/c1-2-11-25-22(29)19-14-8-4-6-10-18(14)32-23(19)26-21(28)17-12-15-20(27)13-7-3-5-9-16(13)30-24(15)31-17/h2-3,5,7,9,12H,1,4,6,8,10-11H2,(H,25,29)(H,26,28). The number of aryl methyl sites for hydroxylation is 1. The van der Waals surface area contributed by atoms with Gasteiger partial charge in [0.25, 0.3) is 11.8 Å². The van der Waals surface area contributed by atoms with Crippen molar-refractivity contribution in [2.24, 2.45) is 0 Å². The van der Waals surface area contributed by atoms with Crippen molar-refractivity contribution in [1.29, 1.82) is 0 Å². The van der Waals surface area contributed by atoms with Crippen LogP contribution in [0.1, 0.15) is 44.2 Å². The Morgan fingerprint density at radius 1 is 1.09 bits per heavy atom. The maximum atomic E-state index is 13.0. The predicted octanol–water partition coefficient (Wildman–Crippen LogP) is 4.65. The lowest BCUT2D eigenvalue weighted by Crippen LogP contribution is -2.25. The Morgan fingerprint density at radius 2 is 1.91 bits per heavy atom. The molecule has 2 N–H and O–H groups in total. The third kappa shape index (κ3) is 3.42. The number of hydrogen-bond acceptors (Lipinski definition) is 6. The average Bonchev–Trinajstić information content (AvgIpc) is 3.39. The van der Waals surface area contributed by atoms with E-state index in [1.165, 1.54) is 17.4 Å². The van der Waals surface area contributed by atoms with Crippen molar-refractivity contribution in [1.82, 2.24) is 5.32 Å². The van der Waals surface area contributed by atoms with Crippen LogP contribution in [-0.4, -0.2) is 18.4 Å². The van der Waals surface area contributed by atoms with E-state index in [2.05, 4.69) is 17.2 Å². The van der Waals surface area contributed by atoms with Crippen LogP contribution < -0.4 is 16.1 Å². The Morgan fingerprint density at radius 3 is 2.75 bits per heavy atom. The van der Waals surface area contributed by atoms with Crippen LogP contribution in [-0.2, 0) is 12.8 Å². The largest absolute Gasteiger partial charge is 0.425 e. The van der Waals surface area contributed by atoms with Crippen LogP contribution in [0.2, 0.25) is 0 Å². The van der Waals surface area contributed by atoms with Crippen molar-refractivity contribution in [2.45, 2.75) is 25.7 Å². The highest BCUT2D eigenvalue weighted by Crippen LogP contribution is 2.38. The van der Waals surface area contributed by atoms with Crippen LogP contribution >= 0.6 is 11.3 Å². The average molecular weight is 449 g/mol. The minimum atomic E-state index is -0.545. The molecule has 7 nitrogen and oxygen atoms in total. The van der Waals surface area contributed by atoms with Crippen molar-refractivity contribution < 1.29 is 18.4 Å². The molecular weight excluding hydrogens is 428 g/mol. The van der Waals surface area contributed by atoms with Crippen LogP contribution in [0, 0.1) is 0 Å². The van der Waals surface area contributed by atoms with Crippen molar-refractivity contribution in [3.63, 3.8) is 0 Å². The zero-order valence-corrected chi connectivity index (χ0v) is 18.0. The molecule has 0 saturated heterocycles. The van der Waals surface area contributed by atoms with E-state index in [1.54, 1.807) is 30.3 Å². The minimum absolute atomic E-state index is 0.00623. The summed E-state index contributed by atoms with van der Waals surface area (Å²) in [5, 5.41) is 6.72. The van der Waals surface area contributed by atoms with Gasteiger partial charge in [-0.2, -0.15) is 0 Å². The highest BCUT2D eigenvalue weighted by atomic mass is 32.1. The number of amides is 2. The van der Waals surface area contributed by atoms with Crippen molar-refractivity contribution in [3.8, 4) is 0 Å². The predicted molar refractivity (Wildman–Crippen MR) is 124 cm³/mol. The number of furan rings is 1. The normalized spacial score (nSPS) is 13.1. The van der Waals surface area contributed by atoms with Crippen LogP contribution in [0.3, 0.4) is 0 Å². The summed E-state index contributed by atoms with van der Waals surface area (Å²) in [6.45, 7) is 3.97. The van der Waals surface area contributed by atoms with Gasteiger partial charge < -0.3 is 19.5 Å². The molecule has 8 heteroatoms. The smallest absolute Gasteiger partial charge is 0.302 e. The molecule has 4 aromatic rings. The summed E-state index contributed by atoms with van der Waals surface area (Å²) in [7, 11) is 0. The van der Waals surface area contributed by atoms with Crippen LogP contribution in [0.4, 0.5) is 5.00 Å². The second kappa shape index (κ2) is 8.12. The lowest BCUT2D eigenvalue weighted by atomic mass is 9.95. The van der Waals surface area contributed by atoms with Crippen molar-refractivity contribution in [2.75, 3.05) is 11.9 Å². The Labute approximate surface area is 186 Å². The van der Waals surface area contributed by atoms with Gasteiger partial charge in [-0.3, -0.25) is 14.4 Å². The second-order valence-electron chi connectivity index (χ2n) is 7.61. The lowest BCUT2D eigenvalue weighted by Gasteiger charge is -2.12. The molecule has 1 aliphatic carbocycles. The fourth-order valence-corrected chi connectivity index (χ4v) is 5.30. The van der Waals surface area contributed by atoms with Crippen LogP contribution in [0.5, 0.6) is 0 Å². The van der Waals surface area contributed by atoms with Gasteiger partial charge in [0.15, 0.2) is 5.76 Å². The Hall–Kier alpha value is -3.65. The van der Waals surface area contributed by atoms with Gasteiger partial charge in [-0.05, 0) is 43.4 Å². The molecule has 2 amide bonds. The van der Waals surface area contributed by atoms with Gasteiger partial charge >= 0.3 is 5.78 Å². The SMILES string of the molecule is C=CCNC(=O)c1c(NC(=O)c2cc3c(=O)c4ccccc4oc3o2)sc2c1CCCC2. The van der Waals surface area contributed by atoms with Gasteiger partial charge in [0.05, 0.1) is 10.9 Å². The maximum absolute atomic E-state index is 13.0. The number of anilines is 1. The fourth-order valence-electron chi connectivity index (χ4n) is 4.02. The maximum Gasteiger partial charge on any atom is 0.302 e. The highest BCUT2D eigenvalue weighted by molar-refractivity contribution is 7.17. The first kappa shape index (κ1) is 20.3. The quantitative estimate of drug-likeness (QED) is 0.433. The van der Waals surface area contributed by atoms with Gasteiger partial charge in [0.2, 0.25) is 5.43 Å². The molecule has 0 spiro atoms. The molecule has 1 aliphatic rings. The molecule has 0 saturated carbocycles. The summed E-state index contributed by atoms with van der Waals surface area (Å²) < 4.78 is 11.2. The number of nitrogens with one attached hydrogen (secondary N) is 2. The van der Waals surface area contributed by atoms with Crippen molar-refractivity contribution >= 4 is 50.3 Å². The number of para-hydroxylation sites is 1. The monoisotopic (exact) mass is 448 g/mol. The third-order valence-electron chi connectivity index (χ3n) is 5.53. The molecule has 0 aliphatic heterocycles. The zero-order valence-electron chi connectivity index (χ0n) is 17.2.